The van der Waals surface area contributed by atoms with Gasteiger partial charge in [0.05, 0.1) is 32.0 Å². The second kappa shape index (κ2) is 9.62. The van der Waals surface area contributed by atoms with Crippen LogP contribution in [-0.4, -0.2) is 41.7 Å². The largest absolute Gasteiger partial charge is 0.497 e. The number of amides is 3. The van der Waals surface area contributed by atoms with E-state index in [9.17, 15) is 19.2 Å². The average Bonchev–Trinajstić information content (AvgIpc) is 3.45. The Bertz CT molecular complexity index is 1200. The van der Waals surface area contributed by atoms with E-state index in [1.165, 1.54) is 49.5 Å². The summed E-state index contributed by atoms with van der Waals surface area (Å²) in [7, 11) is 1.52. The molecule has 0 bridgehead atoms. The fraction of sp³-hybridized carbons (Fsp3) is 0.200. The molecule has 0 aliphatic carbocycles. The maximum absolute atomic E-state index is 13.4. The lowest BCUT2D eigenvalue weighted by atomic mass is 10.1. The first-order chi connectivity index (χ1) is 16.4. The van der Waals surface area contributed by atoms with Gasteiger partial charge in [0.1, 0.15) is 23.3 Å². The molecule has 1 aliphatic rings. The van der Waals surface area contributed by atoms with Crippen molar-refractivity contribution in [3.8, 4) is 11.5 Å². The number of benzene rings is 2. The Hall–Kier alpha value is -4.40. The number of furan rings is 1. The summed E-state index contributed by atoms with van der Waals surface area (Å²) in [5.74, 6) is -0.512. The zero-order valence-electron chi connectivity index (χ0n) is 18.6. The van der Waals surface area contributed by atoms with Gasteiger partial charge in [-0.25, -0.2) is 4.90 Å². The van der Waals surface area contributed by atoms with Crippen molar-refractivity contribution in [1.29, 1.82) is 0 Å². The number of hydrogen-bond acceptors (Lipinski definition) is 7. The first kappa shape index (κ1) is 22.8. The normalized spacial score (nSPS) is 15.4. The lowest BCUT2D eigenvalue weighted by molar-refractivity contribution is -0.132. The van der Waals surface area contributed by atoms with Crippen LogP contribution in [0.4, 0.5) is 5.69 Å². The van der Waals surface area contributed by atoms with Crippen LogP contribution < -0.4 is 14.4 Å². The molecular formula is C25H22N2O7. The maximum Gasteiger partial charge on any atom is 0.308 e. The minimum absolute atomic E-state index is 0.0147. The molecule has 9 heteroatoms. The third-order valence-electron chi connectivity index (χ3n) is 5.36. The Morgan fingerprint density at radius 3 is 2.29 bits per heavy atom. The lowest BCUT2D eigenvalue weighted by Gasteiger charge is -2.27. The van der Waals surface area contributed by atoms with Crippen LogP contribution in [0.2, 0.25) is 0 Å². The third kappa shape index (κ3) is 4.68. The highest BCUT2D eigenvalue weighted by Crippen LogP contribution is 2.29. The standard InChI is InChI=1S/C25H22N2O7/c1-16(28)34-20-11-7-18(8-12-20)27-23(29)14-22(25(27)31)26(15-21-4-3-13-33-21)24(30)17-5-9-19(32-2)10-6-17/h3-13,22H,14-15H2,1-2H3. The first-order valence-corrected chi connectivity index (χ1v) is 10.5. The van der Waals surface area contributed by atoms with Gasteiger partial charge in [0, 0.05) is 12.5 Å². The molecule has 0 radical (unpaired) electrons. The molecule has 0 spiro atoms. The van der Waals surface area contributed by atoms with E-state index in [0.29, 0.717) is 28.5 Å². The van der Waals surface area contributed by atoms with E-state index < -0.39 is 29.7 Å². The number of ether oxygens (including phenoxy) is 2. The van der Waals surface area contributed by atoms with Gasteiger partial charge < -0.3 is 18.8 Å². The lowest BCUT2D eigenvalue weighted by Crippen LogP contribution is -2.45. The summed E-state index contributed by atoms with van der Waals surface area (Å²) in [6.07, 6.45) is 1.30. The number of methoxy groups -OCH3 is 1. The highest BCUT2D eigenvalue weighted by atomic mass is 16.5. The van der Waals surface area contributed by atoms with Crippen molar-refractivity contribution in [3.63, 3.8) is 0 Å². The van der Waals surface area contributed by atoms with Crippen molar-refractivity contribution in [2.75, 3.05) is 12.0 Å². The minimum Gasteiger partial charge on any atom is -0.497 e. The summed E-state index contributed by atoms with van der Waals surface area (Å²) in [6, 6.07) is 14.9. The van der Waals surface area contributed by atoms with E-state index in [4.69, 9.17) is 13.9 Å². The Kier molecular flexibility index (Phi) is 6.44. The van der Waals surface area contributed by atoms with Crippen molar-refractivity contribution in [2.24, 2.45) is 0 Å². The number of imide groups is 1. The zero-order chi connectivity index (χ0) is 24.2. The number of carbonyl (C=O) groups excluding carboxylic acids is 4. The minimum atomic E-state index is -1.01. The summed E-state index contributed by atoms with van der Waals surface area (Å²) in [5, 5.41) is 0. The summed E-state index contributed by atoms with van der Waals surface area (Å²) in [5.41, 5.74) is 0.667. The van der Waals surface area contributed by atoms with Crippen molar-refractivity contribution in [3.05, 3.63) is 78.3 Å². The molecule has 2 aromatic carbocycles. The SMILES string of the molecule is COc1ccc(C(=O)N(Cc2ccco2)C2CC(=O)N(c3ccc(OC(C)=O)cc3)C2=O)cc1. The predicted molar refractivity (Wildman–Crippen MR) is 120 cm³/mol. The molecule has 1 atom stereocenters. The monoisotopic (exact) mass is 462 g/mol. The number of nitrogens with zero attached hydrogens (tertiary/aromatic N) is 2. The van der Waals surface area contributed by atoms with Crippen LogP contribution in [0.1, 0.15) is 29.5 Å². The molecule has 1 fully saturated rings. The van der Waals surface area contributed by atoms with Crippen LogP contribution in [0.15, 0.2) is 71.3 Å². The summed E-state index contributed by atoms with van der Waals surface area (Å²) >= 11 is 0. The topological polar surface area (TPSA) is 106 Å². The van der Waals surface area contributed by atoms with Crippen LogP contribution in [0, 0.1) is 0 Å². The number of carbonyl (C=O) groups is 4. The van der Waals surface area contributed by atoms with Crippen molar-refractivity contribution < 1.29 is 33.1 Å². The van der Waals surface area contributed by atoms with Gasteiger partial charge in [-0.05, 0) is 60.7 Å². The molecule has 9 nitrogen and oxygen atoms in total. The Morgan fingerprint density at radius 1 is 1.03 bits per heavy atom. The highest BCUT2D eigenvalue weighted by molar-refractivity contribution is 6.23. The Morgan fingerprint density at radius 2 is 1.71 bits per heavy atom. The Balaban J connectivity index is 1.62. The fourth-order valence-corrected chi connectivity index (χ4v) is 3.75. The van der Waals surface area contributed by atoms with Crippen molar-refractivity contribution in [1.82, 2.24) is 4.90 Å². The molecule has 2 heterocycles. The molecule has 3 aromatic rings. The van der Waals surface area contributed by atoms with E-state index in [1.54, 1.807) is 36.4 Å². The van der Waals surface area contributed by atoms with Gasteiger partial charge in [-0.2, -0.15) is 0 Å². The van der Waals surface area contributed by atoms with Gasteiger partial charge in [0.25, 0.3) is 11.8 Å². The van der Waals surface area contributed by atoms with E-state index >= 15 is 0 Å². The van der Waals surface area contributed by atoms with Crippen molar-refractivity contribution in [2.45, 2.75) is 25.9 Å². The zero-order valence-corrected chi connectivity index (χ0v) is 18.6. The van der Waals surface area contributed by atoms with Gasteiger partial charge >= 0.3 is 5.97 Å². The van der Waals surface area contributed by atoms with Crippen LogP contribution >= 0.6 is 0 Å². The smallest absolute Gasteiger partial charge is 0.308 e. The molecular weight excluding hydrogens is 440 g/mol. The maximum atomic E-state index is 13.4. The molecule has 4 rings (SSSR count). The third-order valence-corrected chi connectivity index (χ3v) is 5.36. The molecule has 1 saturated heterocycles. The van der Waals surface area contributed by atoms with Crippen molar-refractivity contribution >= 4 is 29.4 Å². The second-order valence-corrected chi connectivity index (χ2v) is 7.62. The molecule has 1 aliphatic heterocycles. The molecule has 0 N–H and O–H groups in total. The van der Waals surface area contributed by atoms with E-state index in [0.717, 1.165) is 4.90 Å². The molecule has 174 valence electrons. The number of rotatable bonds is 7. The van der Waals surface area contributed by atoms with Gasteiger partial charge in [-0.15, -0.1) is 0 Å². The number of esters is 1. The average molecular weight is 462 g/mol. The highest BCUT2D eigenvalue weighted by Gasteiger charge is 2.44. The molecule has 0 saturated carbocycles. The second-order valence-electron chi connectivity index (χ2n) is 7.62. The van der Waals surface area contributed by atoms with Crippen LogP contribution in [0.3, 0.4) is 0 Å². The van der Waals surface area contributed by atoms with Crippen LogP contribution in [0.25, 0.3) is 0 Å². The summed E-state index contributed by atoms with van der Waals surface area (Å²) in [6.45, 7) is 1.29. The fourth-order valence-electron chi connectivity index (χ4n) is 3.75. The van der Waals surface area contributed by atoms with Gasteiger partial charge in [0.2, 0.25) is 5.91 Å². The summed E-state index contributed by atoms with van der Waals surface area (Å²) in [4.78, 5) is 53.1. The first-order valence-electron chi connectivity index (χ1n) is 10.5. The van der Waals surface area contributed by atoms with E-state index in [1.807, 2.05) is 0 Å². The predicted octanol–water partition coefficient (Wildman–Crippen LogP) is 3.19. The van der Waals surface area contributed by atoms with Crippen LogP contribution in [0.5, 0.6) is 11.5 Å². The molecule has 34 heavy (non-hydrogen) atoms. The Labute approximate surface area is 195 Å². The number of hydrogen-bond donors (Lipinski definition) is 0. The van der Waals surface area contributed by atoms with Gasteiger partial charge in [-0.1, -0.05) is 0 Å². The quantitative estimate of drug-likeness (QED) is 0.302. The van der Waals surface area contributed by atoms with Gasteiger partial charge in [-0.3, -0.25) is 19.2 Å². The summed E-state index contributed by atoms with van der Waals surface area (Å²) < 4.78 is 15.5. The number of anilines is 1. The van der Waals surface area contributed by atoms with E-state index in [-0.39, 0.29) is 13.0 Å². The molecule has 1 aromatic heterocycles. The van der Waals surface area contributed by atoms with Gasteiger partial charge in [0.15, 0.2) is 0 Å². The van der Waals surface area contributed by atoms with E-state index in [2.05, 4.69) is 0 Å². The molecule has 3 amide bonds. The van der Waals surface area contributed by atoms with Crippen LogP contribution in [-0.2, 0) is 20.9 Å². The molecule has 1 unspecified atom stereocenters.